The van der Waals surface area contributed by atoms with Crippen LogP contribution in [0.3, 0.4) is 0 Å². The van der Waals surface area contributed by atoms with Gasteiger partial charge in [-0.3, -0.25) is 58.2 Å². The van der Waals surface area contributed by atoms with E-state index in [1.807, 2.05) is 141 Å². The summed E-state index contributed by atoms with van der Waals surface area (Å²) >= 11 is 22.3. The standard InChI is InChI=1S/C23H26N2O2.C21H24N2O.C16H13NO3.C16H13NO.C15H19BO3.C9H7BrO.C6H5NO2.C6H15O3P.CH2Cl2.CH3F.BBr3/c1-14-12-21-19(13-18(14)15(2)26)23-17-7-9-22(27)16(17)6-8-20(23)25(21)11-5-10-24(3)4;1-14-5-6-17-19(13-14)23(12-4-11-22(2)3)18-9-7-15-16(21(17)18)8-10-20(15)24;1-10-5-6-13(15(9-10)17(19)20)11-3-2-4-14-12(11)7-8-16(14)18;1-9-2-3-12-14(8-9)17-13-6-4-10-11(16(12)13)5-7-15(10)18;1-14(2)15(3,4)19-16(18-14)12-7-5-6-11-10(12)8-9-13(11)17;10-8-3-1-2-7-6(8)4-5-9(7)11;8-7(9)6-4-2-1-3-5-6;1-4-7-10(8-5-2)9-6-3;2-1-3;1-2;2-1(3)4/h6,8,12-13H,5,7,9-11H2,1-4H3;5-7,9,13H,4,8,10-12H2,1-3H3;2-6,9H,7-8H2,1H3;2-4,6,8,17H,5,7H2,1H3;5-7H,8-9H2,1-4H3;1-3H,4-5H2;1-5H;4-6H2,1-3H3;1H2;1H3;/i;;;;;;;;;1D;. The summed E-state index contributed by atoms with van der Waals surface area (Å²) in [6.45, 7) is 29.6. The fourth-order valence-electron chi connectivity index (χ4n) is 19.5. The van der Waals surface area contributed by atoms with E-state index in [-0.39, 0.29) is 77.8 Å². The predicted octanol–water partition coefficient (Wildman–Crippen LogP) is 28.8. The molecule has 11 aromatic carbocycles. The number of aromatic amines is 1. The number of halogens is 7. The normalized spacial score (nSPS) is 14.4. The molecule has 1 aliphatic heterocycles. The molecule has 774 valence electrons. The third-order valence-corrected chi connectivity index (χ3v) is 29.0. The number of alkyl halides is 3. The Hall–Kier alpha value is -9.98. The van der Waals surface area contributed by atoms with Gasteiger partial charge in [-0.15, -0.1) is 70.5 Å². The molecular weight excluding hydrogens is 2190 g/mol. The number of carbonyl (C=O) groups is 7. The van der Waals surface area contributed by atoms with E-state index in [4.69, 9.17) is 47.5 Å². The molecule has 0 saturated carbocycles. The van der Waals surface area contributed by atoms with Gasteiger partial charge in [0, 0.05) is 179 Å². The number of carbonyl (C=O) groups excluding carboxylic acids is 7. The van der Waals surface area contributed by atoms with Crippen LogP contribution in [-0.2, 0) is 74.5 Å². The van der Waals surface area contributed by atoms with Gasteiger partial charge < -0.3 is 46.8 Å². The zero-order chi connectivity index (χ0) is 108. The maximum atomic E-state index is 12.3. The molecule has 3 aromatic heterocycles. The largest absolute Gasteiger partial charge is 0.495 e. The van der Waals surface area contributed by atoms with Crippen molar-refractivity contribution in [3.05, 3.63) is 307 Å². The fraction of sp³-hybridized carbons (Fsp3) is 0.360. The monoisotopic (exact) mass is 2310 g/mol. The van der Waals surface area contributed by atoms with Crippen molar-refractivity contribution in [1.29, 1.82) is 0 Å². The molecular formula is C114H127B2Br4Cl2FN7O16P. The number of non-ortho nitro benzene ring substituents is 1. The Morgan fingerprint density at radius 3 is 1.35 bits per heavy atom. The van der Waals surface area contributed by atoms with Crippen molar-refractivity contribution in [3.63, 3.8) is 0 Å². The van der Waals surface area contributed by atoms with Gasteiger partial charge in [-0.1, -0.05) is 113 Å². The number of H-pyrrole nitrogens is 1. The molecule has 1 saturated heterocycles. The molecule has 0 unspecified atom stereocenters. The summed E-state index contributed by atoms with van der Waals surface area (Å²) in [4.78, 5) is 111. The lowest BCUT2D eigenvalue weighted by molar-refractivity contribution is -0.384. The van der Waals surface area contributed by atoms with Crippen molar-refractivity contribution in [2.45, 2.75) is 197 Å². The Kier molecular flexibility index (Phi) is 42.6. The van der Waals surface area contributed by atoms with Crippen molar-refractivity contribution in [1.82, 2.24) is 23.9 Å². The Labute approximate surface area is 906 Å². The molecule has 21 rings (SSSR count). The molecule has 0 amide bonds. The summed E-state index contributed by atoms with van der Waals surface area (Å²) in [7, 11) is 5.99. The number of hydrogen-bond acceptors (Lipinski definition) is 18. The predicted molar refractivity (Wildman–Crippen MR) is 612 cm³/mol. The van der Waals surface area contributed by atoms with Gasteiger partial charge in [-0.2, -0.15) is 0 Å². The number of fused-ring (bicyclic) bond motifs is 18. The molecule has 1 fully saturated rings. The second kappa shape index (κ2) is 54.1. The van der Waals surface area contributed by atoms with E-state index in [0.717, 1.165) is 164 Å². The minimum absolute atomic E-state index is 0.0894. The van der Waals surface area contributed by atoms with Gasteiger partial charge >= 0.3 is 18.9 Å². The van der Waals surface area contributed by atoms with Crippen LogP contribution in [0, 0.1) is 47.9 Å². The molecule has 23 nitrogen and oxygen atoms in total. The summed E-state index contributed by atoms with van der Waals surface area (Å²) in [5, 5.41) is 28.8. The van der Waals surface area contributed by atoms with Gasteiger partial charge in [0.1, 0.15) is 0 Å². The summed E-state index contributed by atoms with van der Waals surface area (Å²) in [6, 6.07) is 59.8. The number of nitro groups is 2. The highest BCUT2D eigenvalue weighted by molar-refractivity contribution is 9.69. The molecule has 14 aromatic rings. The lowest BCUT2D eigenvalue weighted by Gasteiger charge is -2.32. The third-order valence-electron chi connectivity index (χ3n) is 26.9. The quantitative estimate of drug-likeness (QED) is 0.0196. The number of para-hydroxylation sites is 1. The molecule has 0 bridgehead atoms. The van der Waals surface area contributed by atoms with Gasteiger partial charge in [0.2, 0.25) is 0 Å². The summed E-state index contributed by atoms with van der Waals surface area (Å²) in [5.74, 6) is 1.54. The van der Waals surface area contributed by atoms with Crippen LogP contribution >= 0.6 is 95.0 Å². The maximum absolute atomic E-state index is 12.3. The maximum Gasteiger partial charge on any atom is 0.495 e. The number of ketones is 7. The highest BCUT2D eigenvalue weighted by Gasteiger charge is 2.53. The smallest absolute Gasteiger partial charge is 0.399 e. The summed E-state index contributed by atoms with van der Waals surface area (Å²) in [6.07, 6.45) is 10.8. The number of rotatable bonds is 19. The number of nitrogens with one attached hydrogen (secondary N) is 1. The van der Waals surface area contributed by atoms with E-state index in [0.29, 0.717) is 81.7 Å². The highest BCUT2D eigenvalue weighted by atomic mass is 79.9. The van der Waals surface area contributed by atoms with E-state index in [1.54, 1.807) is 49.4 Å². The van der Waals surface area contributed by atoms with Crippen LogP contribution in [0.4, 0.5) is 15.8 Å². The zero-order valence-corrected chi connectivity index (χ0v) is 94.9. The van der Waals surface area contributed by atoms with E-state index >= 15 is 0 Å². The molecule has 33 heteroatoms. The van der Waals surface area contributed by atoms with Crippen LogP contribution in [0.25, 0.3) is 76.5 Å². The van der Waals surface area contributed by atoms with Crippen LogP contribution in [0.1, 0.15) is 236 Å². The fourth-order valence-corrected chi connectivity index (χ4v) is 20.9. The van der Waals surface area contributed by atoms with Crippen molar-refractivity contribution in [2.24, 2.45) is 0 Å². The Morgan fingerprint density at radius 1 is 0.483 bits per heavy atom. The van der Waals surface area contributed by atoms with E-state index in [9.17, 15) is 58.2 Å². The van der Waals surface area contributed by atoms with Gasteiger partial charge in [0.05, 0.1) is 60.3 Å². The van der Waals surface area contributed by atoms with Gasteiger partial charge in [0.15, 0.2) is 40.5 Å². The molecule has 0 spiro atoms. The Morgan fingerprint density at radius 2 is 0.878 bits per heavy atom. The first kappa shape index (κ1) is 116. The molecule has 0 atom stereocenters. The third kappa shape index (κ3) is 28.6. The number of benzene rings is 11. The molecule has 7 aliphatic rings. The first-order valence-corrected chi connectivity index (χ1v) is 54.8. The highest BCUT2D eigenvalue weighted by Crippen LogP contribution is 2.45. The Bertz CT molecular complexity index is 7190. The van der Waals surface area contributed by atoms with E-state index in [2.05, 4.69) is 184 Å². The zero-order valence-electron chi connectivity index (χ0n) is 87.1. The number of hydrogen-bond donors (Lipinski definition) is 1. The number of nitrogens with zero attached hydrogens (tertiary/aromatic N) is 6. The number of aromatic nitrogens is 3. The molecule has 4 heterocycles. The second-order valence-corrected chi connectivity index (χ2v) is 47.1. The van der Waals surface area contributed by atoms with Gasteiger partial charge in [-0.05, 0) is 315 Å². The van der Waals surface area contributed by atoms with Crippen molar-refractivity contribution < 1.29 is 72.0 Å². The molecule has 6 aliphatic carbocycles. The van der Waals surface area contributed by atoms with Crippen molar-refractivity contribution in [3.8, 4) is 11.1 Å². The first-order chi connectivity index (χ1) is 70.6. The number of aryl methyl sites for hydroxylation is 9. The van der Waals surface area contributed by atoms with Crippen LogP contribution in [0.15, 0.2) is 193 Å². The number of Topliss-reactive ketones (excluding diaryl/α,β-unsaturated/α-hetero) is 7. The average Bonchev–Trinajstić information content (AvgIpc) is 1.58. The minimum Gasteiger partial charge on any atom is -0.399 e. The summed E-state index contributed by atoms with van der Waals surface area (Å²) < 4.78 is 49.2. The number of nitro benzene ring substituents is 2. The van der Waals surface area contributed by atoms with Crippen molar-refractivity contribution in [2.75, 3.05) is 73.6 Å². The Balaban J connectivity index is 0.000000162. The topological polar surface area (TPSA) is 284 Å². The van der Waals surface area contributed by atoms with Crippen LogP contribution in [0.5, 0.6) is 0 Å². The van der Waals surface area contributed by atoms with Crippen LogP contribution < -0.4 is 5.46 Å². The van der Waals surface area contributed by atoms with Crippen LogP contribution in [0.2, 0.25) is 0 Å². The van der Waals surface area contributed by atoms with E-state index in [1.165, 1.54) is 88.9 Å². The van der Waals surface area contributed by atoms with Gasteiger partial charge in [0.25, 0.3) is 11.4 Å². The minimum atomic E-state index is -1.06. The molecule has 0 radical (unpaired) electrons. The van der Waals surface area contributed by atoms with E-state index < -0.39 is 20.7 Å². The van der Waals surface area contributed by atoms with Crippen LogP contribution in [-0.4, -0.2) is 169 Å². The van der Waals surface area contributed by atoms with Crippen molar-refractivity contribution >= 4 is 228 Å². The second-order valence-electron chi connectivity index (χ2n) is 37.8. The molecule has 1 N–H and O–H groups in total. The lowest BCUT2D eigenvalue weighted by Crippen LogP contribution is -2.41. The average molecular weight is 2310 g/mol. The SMILES string of the molecule is BrB(Br)Br.CC(=O)c1cc2c3c4c(ccc3n(CCCN(C)C)c2cc1C)C(=O)CC4.CC1(C)OB(c2cccc3c2CCC3=O)OC1(C)C.CCOP(OCC)OCC.Cc1ccc(-c2cccc3c2CCC3=O)c([N+](=O)[O-])c1.Cc1ccc2c(c1)[nH]c1ccc3c(c12)CCC3=O.Cc1ccc2c3c4c(ccc3n(CCCN(C)C)c2c1)C(=O)CC4.ClCCl.O=C1CCc2c(Br)cccc21.O=[N+]([O-])c1ccccc1.[2H]CF. The summed E-state index contributed by atoms with van der Waals surface area (Å²) in [5.41, 5.74) is 26.4. The first-order valence-electron chi connectivity index (χ1n) is 49.8. The lowest BCUT2D eigenvalue weighted by atomic mass is 9.75. The van der Waals surface area contributed by atoms with Gasteiger partial charge in [-0.25, -0.2) is 0 Å². The molecule has 147 heavy (non-hydrogen) atoms.